The number of hydrogen-bond donors (Lipinski definition) is 1. The lowest BCUT2D eigenvalue weighted by atomic mass is 10.1. The quantitative estimate of drug-likeness (QED) is 0.770. The summed E-state index contributed by atoms with van der Waals surface area (Å²) in [6, 6.07) is 6.81. The van der Waals surface area contributed by atoms with Crippen LogP contribution in [0.5, 0.6) is 0 Å². The first kappa shape index (κ1) is 12.9. The van der Waals surface area contributed by atoms with Gasteiger partial charge >= 0.3 is 0 Å². The van der Waals surface area contributed by atoms with E-state index in [1.807, 2.05) is 6.07 Å². The van der Waals surface area contributed by atoms with E-state index in [0.717, 1.165) is 0 Å². The van der Waals surface area contributed by atoms with Gasteiger partial charge in [-0.25, -0.2) is 13.8 Å². The van der Waals surface area contributed by atoms with Crippen LogP contribution in [0.25, 0.3) is 20.8 Å². The summed E-state index contributed by atoms with van der Waals surface area (Å²) in [7, 11) is 0. The summed E-state index contributed by atoms with van der Waals surface area (Å²) < 4.78 is 26.3. The molecule has 0 amide bonds. The Labute approximate surface area is 118 Å². The number of anilines is 1. The fraction of sp³-hybridized carbons (Fsp3) is 0.143. The second-order valence-electron chi connectivity index (χ2n) is 4.39. The molecule has 3 heterocycles. The van der Waals surface area contributed by atoms with Gasteiger partial charge in [-0.3, -0.25) is 4.98 Å². The Morgan fingerprint density at radius 3 is 2.75 bits per heavy atom. The Morgan fingerprint density at radius 2 is 2.10 bits per heavy atom. The molecule has 0 saturated carbocycles. The summed E-state index contributed by atoms with van der Waals surface area (Å²) in [6.07, 6.45) is -0.932. The van der Waals surface area contributed by atoms with Crippen molar-refractivity contribution in [3.05, 3.63) is 41.7 Å². The van der Waals surface area contributed by atoms with Crippen LogP contribution in [0.3, 0.4) is 0 Å². The van der Waals surface area contributed by atoms with Gasteiger partial charge in [-0.1, -0.05) is 6.07 Å². The van der Waals surface area contributed by atoms with E-state index in [0.29, 0.717) is 32.2 Å². The molecular weight excluding hydrogens is 280 g/mol. The molecule has 0 radical (unpaired) electrons. The largest absolute Gasteiger partial charge is 0.397 e. The third-order valence-corrected chi connectivity index (χ3v) is 4.11. The molecular formula is C14H11F2N3S. The van der Waals surface area contributed by atoms with Crippen LogP contribution in [0.1, 0.15) is 17.7 Å². The van der Waals surface area contributed by atoms with Crippen molar-refractivity contribution in [3.63, 3.8) is 0 Å². The maximum Gasteiger partial charge on any atom is 0.264 e. The Morgan fingerprint density at radius 1 is 1.30 bits per heavy atom. The monoisotopic (exact) mass is 291 g/mol. The molecule has 0 bridgehead atoms. The van der Waals surface area contributed by atoms with Gasteiger partial charge in [-0.2, -0.15) is 0 Å². The summed E-state index contributed by atoms with van der Waals surface area (Å²) in [6.45, 7) is 1.70. The van der Waals surface area contributed by atoms with E-state index >= 15 is 0 Å². The Bertz CT molecular complexity index is 769. The highest BCUT2D eigenvalue weighted by Gasteiger charge is 2.21. The van der Waals surface area contributed by atoms with Gasteiger partial charge in [0.2, 0.25) is 0 Å². The molecule has 0 saturated heterocycles. The lowest BCUT2D eigenvalue weighted by Gasteiger charge is -2.04. The Balaban J connectivity index is 2.33. The van der Waals surface area contributed by atoms with Gasteiger partial charge in [0, 0.05) is 22.8 Å². The second-order valence-corrected chi connectivity index (χ2v) is 5.39. The molecule has 3 nitrogen and oxygen atoms in total. The molecule has 3 aromatic rings. The molecule has 3 rings (SSSR count). The number of pyridine rings is 2. The molecule has 0 unspecified atom stereocenters. The number of nitrogens with two attached hydrogens (primary N) is 1. The highest BCUT2D eigenvalue weighted by atomic mass is 32.1. The maximum atomic E-state index is 13.2. The van der Waals surface area contributed by atoms with Gasteiger partial charge in [0.15, 0.2) is 0 Å². The number of fused-ring (bicyclic) bond motifs is 1. The highest BCUT2D eigenvalue weighted by Crippen LogP contribution is 2.43. The standard InChI is InChI=1S/C14H11F2N3S/c1-7-6-8(13(15)16)10-11(17)12(20-14(10)19-7)9-4-2-3-5-18-9/h2-6,13H,17H2,1H3. The Kier molecular flexibility index (Phi) is 3.10. The lowest BCUT2D eigenvalue weighted by Crippen LogP contribution is -1.94. The minimum absolute atomic E-state index is 0.0663. The van der Waals surface area contributed by atoms with Crippen molar-refractivity contribution in [1.82, 2.24) is 9.97 Å². The van der Waals surface area contributed by atoms with E-state index in [1.54, 1.807) is 25.3 Å². The van der Waals surface area contributed by atoms with Crippen LogP contribution < -0.4 is 5.73 Å². The average Bonchev–Trinajstić information content (AvgIpc) is 2.76. The van der Waals surface area contributed by atoms with Crippen LogP contribution in [-0.4, -0.2) is 9.97 Å². The first-order valence-electron chi connectivity index (χ1n) is 5.97. The van der Waals surface area contributed by atoms with E-state index in [1.165, 1.54) is 17.4 Å². The number of rotatable bonds is 2. The van der Waals surface area contributed by atoms with Crippen LogP contribution >= 0.6 is 11.3 Å². The van der Waals surface area contributed by atoms with Crippen molar-refractivity contribution >= 4 is 27.2 Å². The molecule has 0 atom stereocenters. The van der Waals surface area contributed by atoms with Gasteiger partial charge in [-0.05, 0) is 25.1 Å². The molecule has 102 valence electrons. The van der Waals surface area contributed by atoms with E-state index in [9.17, 15) is 8.78 Å². The summed E-state index contributed by atoms with van der Waals surface area (Å²) >= 11 is 1.29. The average molecular weight is 291 g/mol. The van der Waals surface area contributed by atoms with Crippen LogP contribution in [0.15, 0.2) is 30.5 Å². The van der Waals surface area contributed by atoms with Gasteiger partial charge in [0.1, 0.15) is 4.83 Å². The van der Waals surface area contributed by atoms with E-state index < -0.39 is 6.43 Å². The van der Waals surface area contributed by atoms with Crippen molar-refractivity contribution in [3.8, 4) is 10.6 Å². The van der Waals surface area contributed by atoms with Gasteiger partial charge in [-0.15, -0.1) is 11.3 Å². The molecule has 0 aliphatic heterocycles. The third kappa shape index (κ3) is 2.02. The van der Waals surface area contributed by atoms with Gasteiger partial charge in [0.25, 0.3) is 6.43 Å². The topological polar surface area (TPSA) is 51.8 Å². The molecule has 0 aromatic carbocycles. The molecule has 0 aliphatic carbocycles. The van der Waals surface area contributed by atoms with Crippen LogP contribution in [0.4, 0.5) is 14.5 Å². The van der Waals surface area contributed by atoms with Crippen LogP contribution in [0, 0.1) is 6.92 Å². The van der Waals surface area contributed by atoms with E-state index in [2.05, 4.69) is 9.97 Å². The molecule has 0 fully saturated rings. The predicted octanol–water partition coefficient (Wildman–Crippen LogP) is 4.19. The number of alkyl halides is 2. The molecule has 3 aromatic heterocycles. The maximum absolute atomic E-state index is 13.2. The molecule has 2 N–H and O–H groups in total. The SMILES string of the molecule is Cc1cc(C(F)F)c2c(N)c(-c3ccccn3)sc2n1. The van der Waals surface area contributed by atoms with Crippen molar-refractivity contribution in [2.24, 2.45) is 0 Å². The van der Waals surface area contributed by atoms with Crippen molar-refractivity contribution in [1.29, 1.82) is 0 Å². The van der Waals surface area contributed by atoms with Crippen LogP contribution in [-0.2, 0) is 0 Å². The summed E-state index contributed by atoms with van der Waals surface area (Å²) in [5.74, 6) is 0. The highest BCUT2D eigenvalue weighted by molar-refractivity contribution is 7.22. The minimum atomic E-state index is -2.58. The fourth-order valence-electron chi connectivity index (χ4n) is 2.14. The zero-order valence-corrected chi connectivity index (χ0v) is 11.4. The number of halogens is 2. The number of aryl methyl sites for hydroxylation is 1. The first-order valence-corrected chi connectivity index (χ1v) is 6.78. The minimum Gasteiger partial charge on any atom is -0.397 e. The Hall–Kier alpha value is -2.08. The smallest absolute Gasteiger partial charge is 0.264 e. The first-order chi connectivity index (χ1) is 9.58. The molecule has 0 spiro atoms. The lowest BCUT2D eigenvalue weighted by molar-refractivity contribution is 0.153. The zero-order valence-electron chi connectivity index (χ0n) is 10.6. The number of thiophene rings is 1. The number of nitrogen functional groups attached to an aromatic ring is 1. The van der Waals surface area contributed by atoms with E-state index in [-0.39, 0.29) is 5.56 Å². The van der Waals surface area contributed by atoms with Crippen molar-refractivity contribution in [2.45, 2.75) is 13.3 Å². The summed E-state index contributed by atoms with van der Waals surface area (Å²) in [4.78, 5) is 9.73. The predicted molar refractivity (Wildman–Crippen MR) is 77.0 cm³/mol. The van der Waals surface area contributed by atoms with Crippen molar-refractivity contribution < 1.29 is 8.78 Å². The molecule has 20 heavy (non-hydrogen) atoms. The van der Waals surface area contributed by atoms with Crippen LogP contribution in [0.2, 0.25) is 0 Å². The summed E-state index contributed by atoms with van der Waals surface area (Å²) in [5.41, 5.74) is 7.55. The number of hydrogen-bond acceptors (Lipinski definition) is 4. The molecule has 6 heteroatoms. The second kappa shape index (κ2) is 4.79. The molecule has 0 aliphatic rings. The number of aromatic nitrogens is 2. The van der Waals surface area contributed by atoms with Crippen molar-refractivity contribution in [2.75, 3.05) is 5.73 Å². The zero-order chi connectivity index (χ0) is 14.3. The number of nitrogens with zero attached hydrogens (tertiary/aromatic N) is 2. The summed E-state index contributed by atoms with van der Waals surface area (Å²) in [5, 5.41) is 0.344. The van der Waals surface area contributed by atoms with Gasteiger partial charge in [0.05, 0.1) is 16.3 Å². The van der Waals surface area contributed by atoms with Gasteiger partial charge < -0.3 is 5.73 Å². The normalized spacial score (nSPS) is 11.4. The third-order valence-electron chi connectivity index (χ3n) is 2.99. The fourth-order valence-corrected chi connectivity index (χ4v) is 3.29. The van der Waals surface area contributed by atoms with E-state index in [4.69, 9.17) is 5.73 Å².